The summed E-state index contributed by atoms with van der Waals surface area (Å²) in [5.74, 6) is 2.05. The minimum atomic E-state index is -0.316. The number of carbonyl (C=O) groups is 1. The molecule has 4 nitrogen and oxygen atoms in total. The van der Waals surface area contributed by atoms with E-state index in [2.05, 4.69) is 23.1 Å². The molecule has 29 heavy (non-hydrogen) atoms. The summed E-state index contributed by atoms with van der Waals surface area (Å²) in [6.45, 7) is 4.12. The summed E-state index contributed by atoms with van der Waals surface area (Å²) >= 11 is 0. The zero-order valence-corrected chi connectivity index (χ0v) is 17.2. The maximum atomic E-state index is 13.2. The number of benzene rings is 2. The molecule has 4 heteroatoms. The van der Waals surface area contributed by atoms with Gasteiger partial charge in [-0.05, 0) is 92.2 Å². The van der Waals surface area contributed by atoms with Crippen molar-refractivity contribution in [1.29, 1.82) is 0 Å². The van der Waals surface area contributed by atoms with Crippen molar-refractivity contribution in [1.82, 2.24) is 4.90 Å². The maximum Gasteiger partial charge on any atom is 0.170 e. The van der Waals surface area contributed by atoms with Crippen molar-refractivity contribution >= 4 is 5.78 Å². The van der Waals surface area contributed by atoms with Gasteiger partial charge < -0.3 is 9.47 Å². The quantitative estimate of drug-likeness (QED) is 0.770. The fourth-order valence-corrected chi connectivity index (χ4v) is 5.38. The van der Waals surface area contributed by atoms with Gasteiger partial charge in [-0.2, -0.15) is 0 Å². The number of hydrogen-bond acceptors (Lipinski definition) is 4. The molecule has 1 aliphatic heterocycles. The molecule has 0 aromatic heterocycles. The monoisotopic (exact) mass is 391 g/mol. The lowest BCUT2D eigenvalue weighted by molar-refractivity contribution is 0.0831. The number of ketones is 1. The Morgan fingerprint density at radius 3 is 2.45 bits per heavy atom. The first kappa shape index (κ1) is 18.7. The number of nitrogens with zero attached hydrogens (tertiary/aromatic N) is 1. The average Bonchev–Trinajstić information content (AvgIpc) is 3.24. The van der Waals surface area contributed by atoms with Crippen LogP contribution < -0.4 is 9.47 Å². The second kappa shape index (κ2) is 7.49. The van der Waals surface area contributed by atoms with Gasteiger partial charge in [-0.15, -0.1) is 0 Å². The molecule has 5 rings (SSSR count). The van der Waals surface area contributed by atoms with Gasteiger partial charge in [0, 0.05) is 17.5 Å². The molecule has 0 saturated carbocycles. The molecule has 1 spiro atoms. The van der Waals surface area contributed by atoms with Crippen LogP contribution in [0, 0.1) is 5.41 Å². The maximum absolute atomic E-state index is 13.2. The van der Waals surface area contributed by atoms with E-state index in [4.69, 9.17) is 9.47 Å². The van der Waals surface area contributed by atoms with Crippen LogP contribution in [0.15, 0.2) is 36.4 Å². The van der Waals surface area contributed by atoms with Crippen molar-refractivity contribution < 1.29 is 14.3 Å². The van der Waals surface area contributed by atoms with Crippen LogP contribution in [0.1, 0.15) is 46.3 Å². The predicted molar refractivity (Wildman–Crippen MR) is 113 cm³/mol. The first-order valence-electron chi connectivity index (χ1n) is 10.9. The third-order valence-corrected chi connectivity index (χ3v) is 6.93. The van der Waals surface area contributed by atoms with Crippen LogP contribution in [-0.4, -0.2) is 44.0 Å². The van der Waals surface area contributed by atoms with Gasteiger partial charge in [0.25, 0.3) is 0 Å². The van der Waals surface area contributed by atoms with Gasteiger partial charge in [0.05, 0.1) is 7.11 Å². The molecule has 0 N–H and O–H groups in total. The second-order valence-corrected chi connectivity index (χ2v) is 8.84. The first-order chi connectivity index (χ1) is 14.2. The summed E-state index contributed by atoms with van der Waals surface area (Å²) in [6.07, 6.45) is 6.41. The Morgan fingerprint density at radius 1 is 0.897 bits per heavy atom. The number of ether oxygens (including phenoxy) is 2. The number of fused-ring (bicyclic) bond motifs is 2. The SMILES string of the molecule is COc1ccc2c(c1)CC1(Cc3ccc(OCCN4CCCCC4)cc3C1)C2=O. The molecule has 0 bridgehead atoms. The number of piperidine rings is 1. The molecule has 152 valence electrons. The Balaban J connectivity index is 1.27. The zero-order chi connectivity index (χ0) is 19.8. The van der Waals surface area contributed by atoms with Gasteiger partial charge in [0.15, 0.2) is 5.78 Å². The Labute approximate surface area is 172 Å². The van der Waals surface area contributed by atoms with Crippen molar-refractivity contribution in [2.45, 2.75) is 38.5 Å². The fourth-order valence-electron chi connectivity index (χ4n) is 5.38. The highest BCUT2D eigenvalue weighted by Crippen LogP contribution is 2.48. The summed E-state index contributed by atoms with van der Waals surface area (Å²) < 4.78 is 11.4. The van der Waals surface area contributed by atoms with Crippen molar-refractivity contribution in [3.8, 4) is 11.5 Å². The van der Waals surface area contributed by atoms with E-state index in [0.29, 0.717) is 5.78 Å². The van der Waals surface area contributed by atoms with Crippen LogP contribution in [0.5, 0.6) is 11.5 Å². The summed E-state index contributed by atoms with van der Waals surface area (Å²) in [5.41, 5.74) is 4.25. The number of carbonyl (C=O) groups excluding carboxylic acids is 1. The topological polar surface area (TPSA) is 38.8 Å². The van der Waals surface area contributed by atoms with Crippen LogP contribution >= 0.6 is 0 Å². The zero-order valence-electron chi connectivity index (χ0n) is 17.2. The third kappa shape index (κ3) is 3.44. The number of likely N-dealkylation sites (tertiary alicyclic amines) is 1. The highest BCUT2D eigenvalue weighted by Gasteiger charge is 2.49. The van der Waals surface area contributed by atoms with Crippen LogP contribution in [0.25, 0.3) is 0 Å². The van der Waals surface area contributed by atoms with Crippen molar-refractivity contribution in [2.75, 3.05) is 33.4 Å². The first-order valence-corrected chi connectivity index (χ1v) is 10.9. The van der Waals surface area contributed by atoms with Crippen molar-refractivity contribution in [2.24, 2.45) is 5.41 Å². The standard InChI is InChI=1S/C25H29NO3/c1-28-21-7-8-23-20(14-21)17-25(24(23)27)15-18-5-6-22(13-19(18)16-25)29-12-11-26-9-3-2-4-10-26/h5-8,13-14H,2-4,9-12,15-17H2,1H3. The molecule has 0 radical (unpaired) electrons. The highest BCUT2D eigenvalue weighted by atomic mass is 16.5. The Morgan fingerprint density at radius 2 is 1.62 bits per heavy atom. The van der Waals surface area contributed by atoms with E-state index in [1.807, 2.05) is 18.2 Å². The van der Waals surface area contributed by atoms with Gasteiger partial charge in [-0.25, -0.2) is 0 Å². The number of hydrogen-bond donors (Lipinski definition) is 0. The predicted octanol–water partition coefficient (Wildman–Crippen LogP) is 4.08. The second-order valence-electron chi connectivity index (χ2n) is 8.84. The molecular weight excluding hydrogens is 362 g/mol. The third-order valence-electron chi connectivity index (χ3n) is 6.93. The van der Waals surface area contributed by atoms with E-state index in [-0.39, 0.29) is 5.41 Å². The molecule has 2 aliphatic carbocycles. The largest absolute Gasteiger partial charge is 0.497 e. The fraction of sp³-hybridized carbons (Fsp3) is 0.480. The lowest BCUT2D eigenvalue weighted by Crippen LogP contribution is -2.33. The van der Waals surface area contributed by atoms with Crippen LogP contribution in [-0.2, 0) is 19.3 Å². The van der Waals surface area contributed by atoms with Crippen LogP contribution in [0.3, 0.4) is 0 Å². The molecule has 1 heterocycles. The van der Waals surface area contributed by atoms with E-state index in [1.54, 1.807) is 7.11 Å². The van der Waals surface area contributed by atoms with E-state index in [1.165, 1.54) is 43.5 Å². The molecular formula is C25H29NO3. The van der Waals surface area contributed by atoms with E-state index in [9.17, 15) is 4.79 Å². The van der Waals surface area contributed by atoms with E-state index < -0.39 is 0 Å². The minimum absolute atomic E-state index is 0.291. The summed E-state index contributed by atoms with van der Waals surface area (Å²) in [7, 11) is 1.67. The van der Waals surface area contributed by atoms with Gasteiger partial charge >= 0.3 is 0 Å². The van der Waals surface area contributed by atoms with E-state index >= 15 is 0 Å². The summed E-state index contributed by atoms with van der Waals surface area (Å²) in [5, 5.41) is 0. The summed E-state index contributed by atoms with van der Waals surface area (Å²) in [4.78, 5) is 15.7. The van der Waals surface area contributed by atoms with Crippen LogP contribution in [0.4, 0.5) is 0 Å². The Bertz CT molecular complexity index is 932. The van der Waals surface area contributed by atoms with Gasteiger partial charge in [-0.1, -0.05) is 12.5 Å². The summed E-state index contributed by atoms with van der Waals surface area (Å²) in [6, 6.07) is 12.3. The van der Waals surface area contributed by atoms with Gasteiger partial charge in [0.2, 0.25) is 0 Å². The van der Waals surface area contributed by atoms with Crippen LogP contribution in [0.2, 0.25) is 0 Å². The van der Waals surface area contributed by atoms with Gasteiger partial charge in [-0.3, -0.25) is 9.69 Å². The smallest absolute Gasteiger partial charge is 0.170 e. The number of Topliss-reactive ketones (excluding diaryl/α,β-unsaturated/α-hetero) is 1. The number of rotatable bonds is 5. The lowest BCUT2D eigenvalue weighted by Gasteiger charge is -2.26. The van der Waals surface area contributed by atoms with Gasteiger partial charge in [0.1, 0.15) is 18.1 Å². The molecule has 1 atom stereocenters. The number of methoxy groups -OCH3 is 1. The molecule has 3 aliphatic rings. The molecule has 2 aromatic rings. The molecule has 1 fully saturated rings. The van der Waals surface area contributed by atoms with Crippen molar-refractivity contribution in [3.63, 3.8) is 0 Å². The van der Waals surface area contributed by atoms with E-state index in [0.717, 1.165) is 55.0 Å². The minimum Gasteiger partial charge on any atom is -0.497 e. The molecule has 2 aromatic carbocycles. The highest BCUT2D eigenvalue weighted by molar-refractivity contribution is 6.06. The van der Waals surface area contributed by atoms with Crippen molar-refractivity contribution in [3.05, 3.63) is 58.7 Å². The normalized spacial score (nSPS) is 23.3. The molecule has 0 amide bonds. The average molecular weight is 392 g/mol. The molecule has 1 unspecified atom stereocenters. The Hall–Kier alpha value is -2.33. The Kier molecular flexibility index (Phi) is 4.83. The molecule has 1 saturated heterocycles. The lowest BCUT2D eigenvalue weighted by atomic mass is 9.81.